The van der Waals surface area contributed by atoms with Crippen molar-refractivity contribution in [3.63, 3.8) is 0 Å². The molecule has 21 heavy (non-hydrogen) atoms. The Balaban J connectivity index is 2.99. The summed E-state index contributed by atoms with van der Waals surface area (Å²) in [6.45, 7) is 1.88. The molecule has 1 aromatic rings. The molecule has 1 heterocycles. The second kappa shape index (κ2) is 7.53. The van der Waals surface area contributed by atoms with Crippen LogP contribution in [-0.2, 0) is 4.79 Å². The van der Waals surface area contributed by atoms with Crippen molar-refractivity contribution in [3.8, 4) is 0 Å². The number of pyridine rings is 1. The average molecular weight is 316 g/mol. The van der Waals surface area contributed by atoms with E-state index in [1.54, 1.807) is 0 Å². The fourth-order valence-corrected chi connectivity index (χ4v) is 1.81. The fraction of sp³-hybridized carbons (Fsp3) is 0.417. The normalized spacial score (nSPS) is 11.7. The first-order valence-corrected chi connectivity index (χ1v) is 6.58. The lowest BCUT2D eigenvalue weighted by molar-refractivity contribution is -0.385. The molecule has 1 amide bonds. The summed E-state index contributed by atoms with van der Waals surface area (Å²) in [7, 11) is 0. The first kappa shape index (κ1) is 16.8. The lowest BCUT2D eigenvalue weighted by Crippen LogP contribution is -2.41. The molecule has 0 aliphatic carbocycles. The summed E-state index contributed by atoms with van der Waals surface area (Å²) in [6.07, 6.45) is 2.47. The molecular weight excluding hydrogens is 302 g/mol. The van der Waals surface area contributed by atoms with Gasteiger partial charge in [-0.3, -0.25) is 14.9 Å². The SMILES string of the molecule is CCCC[C@H](NC(=O)c1cc(Cl)ncc1[N+](=O)[O-])C(=O)O. The number of carboxylic acid groups (broad SMARTS) is 1. The highest BCUT2D eigenvalue weighted by molar-refractivity contribution is 6.29. The summed E-state index contributed by atoms with van der Waals surface area (Å²) in [4.78, 5) is 36.7. The molecule has 114 valence electrons. The van der Waals surface area contributed by atoms with Gasteiger partial charge in [0.1, 0.15) is 23.0 Å². The van der Waals surface area contributed by atoms with Crippen LogP contribution >= 0.6 is 11.6 Å². The Bertz CT molecular complexity index is 564. The van der Waals surface area contributed by atoms with Crippen molar-refractivity contribution in [1.29, 1.82) is 0 Å². The van der Waals surface area contributed by atoms with Crippen LogP contribution in [0.4, 0.5) is 5.69 Å². The molecule has 0 saturated carbocycles. The van der Waals surface area contributed by atoms with Gasteiger partial charge in [-0.25, -0.2) is 9.78 Å². The van der Waals surface area contributed by atoms with Crippen molar-refractivity contribution >= 4 is 29.2 Å². The number of nitro groups is 1. The van der Waals surface area contributed by atoms with Gasteiger partial charge in [-0.1, -0.05) is 31.4 Å². The number of nitrogens with one attached hydrogen (secondary N) is 1. The second-order valence-corrected chi connectivity index (χ2v) is 4.68. The molecule has 1 rings (SSSR count). The van der Waals surface area contributed by atoms with Crippen LogP contribution in [0, 0.1) is 10.1 Å². The zero-order valence-corrected chi connectivity index (χ0v) is 12.0. The summed E-state index contributed by atoms with van der Waals surface area (Å²) in [5.74, 6) is -2.06. The van der Waals surface area contributed by atoms with Gasteiger partial charge in [0, 0.05) is 0 Å². The first-order valence-electron chi connectivity index (χ1n) is 6.20. The van der Waals surface area contributed by atoms with Crippen molar-refractivity contribution in [2.45, 2.75) is 32.2 Å². The van der Waals surface area contributed by atoms with Crippen molar-refractivity contribution in [1.82, 2.24) is 10.3 Å². The maximum absolute atomic E-state index is 12.0. The number of carbonyl (C=O) groups excluding carboxylic acids is 1. The number of aliphatic carboxylic acids is 1. The van der Waals surface area contributed by atoms with E-state index in [1.165, 1.54) is 0 Å². The van der Waals surface area contributed by atoms with E-state index >= 15 is 0 Å². The molecule has 1 atom stereocenters. The van der Waals surface area contributed by atoms with Crippen molar-refractivity contribution in [2.75, 3.05) is 0 Å². The van der Waals surface area contributed by atoms with Gasteiger partial charge in [-0.15, -0.1) is 0 Å². The number of aromatic nitrogens is 1. The van der Waals surface area contributed by atoms with Gasteiger partial charge in [0.2, 0.25) is 0 Å². The topological polar surface area (TPSA) is 122 Å². The third-order valence-electron chi connectivity index (χ3n) is 2.74. The molecule has 0 aliphatic rings. The number of hydrogen-bond donors (Lipinski definition) is 2. The fourth-order valence-electron chi connectivity index (χ4n) is 1.65. The van der Waals surface area contributed by atoms with Gasteiger partial charge < -0.3 is 10.4 Å². The number of unbranched alkanes of at least 4 members (excludes halogenated alkanes) is 1. The monoisotopic (exact) mass is 315 g/mol. The van der Waals surface area contributed by atoms with E-state index in [0.29, 0.717) is 6.42 Å². The highest BCUT2D eigenvalue weighted by atomic mass is 35.5. The van der Waals surface area contributed by atoms with Crippen LogP contribution in [0.15, 0.2) is 12.3 Å². The Hall–Kier alpha value is -2.22. The minimum Gasteiger partial charge on any atom is -0.480 e. The van der Waals surface area contributed by atoms with E-state index in [1.807, 2.05) is 6.92 Å². The predicted octanol–water partition coefficient (Wildman–Crippen LogP) is 2.02. The van der Waals surface area contributed by atoms with E-state index in [2.05, 4.69) is 10.3 Å². The molecule has 0 aliphatic heterocycles. The lowest BCUT2D eigenvalue weighted by atomic mass is 10.1. The van der Waals surface area contributed by atoms with Crippen molar-refractivity contribution < 1.29 is 19.6 Å². The van der Waals surface area contributed by atoms with E-state index < -0.39 is 28.5 Å². The van der Waals surface area contributed by atoms with Gasteiger partial charge in [-0.05, 0) is 12.5 Å². The Morgan fingerprint density at radius 3 is 2.76 bits per heavy atom. The quantitative estimate of drug-likeness (QED) is 0.451. The molecule has 0 saturated heterocycles. The summed E-state index contributed by atoms with van der Waals surface area (Å²) >= 11 is 5.62. The third-order valence-corrected chi connectivity index (χ3v) is 2.95. The summed E-state index contributed by atoms with van der Waals surface area (Å²) < 4.78 is 0. The number of amides is 1. The number of carboxylic acids is 1. The van der Waals surface area contributed by atoms with Gasteiger partial charge in [0.15, 0.2) is 0 Å². The predicted molar refractivity (Wildman–Crippen MR) is 74.3 cm³/mol. The summed E-state index contributed by atoms with van der Waals surface area (Å²) in [5.41, 5.74) is -0.848. The molecule has 9 heteroatoms. The van der Waals surface area contributed by atoms with E-state index in [-0.39, 0.29) is 17.1 Å². The number of carbonyl (C=O) groups is 2. The van der Waals surface area contributed by atoms with Crippen molar-refractivity contribution in [2.24, 2.45) is 0 Å². The number of nitrogens with zero attached hydrogens (tertiary/aromatic N) is 2. The van der Waals surface area contributed by atoms with Gasteiger partial charge in [0.05, 0.1) is 4.92 Å². The molecule has 2 N–H and O–H groups in total. The second-order valence-electron chi connectivity index (χ2n) is 4.29. The van der Waals surface area contributed by atoms with Crippen LogP contribution in [0.25, 0.3) is 0 Å². The van der Waals surface area contributed by atoms with E-state index in [4.69, 9.17) is 16.7 Å². The van der Waals surface area contributed by atoms with E-state index in [9.17, 15) is 19.7 Å². The molecule has 0 fully saturated rings. The Morgan fingerprint density at radius 2 is 2.24 bits per heavy atom. The van der Waals surface area contributed by atoms with Gasteiger partial charge in [0.25, 0.3) is 11.6 Å². The average Bonchev–Trinajstić information content (AvgIpc) is 2.42. The number of rotatable bonds is 7. The molecule has 8 nitrogen and oxygen atoms in total. The summed E-state index contributed by atoms with van der Waals surface area (Å²) in [5, 5.41) is 22.1. The molecular formula is C12H14ClN3O5. The highest BCUT2D eigenvalue weighted by Gasteiger charge is 2.26. The molecule has 0 bridgehead atoms. The minimum atomic E-state index is -1.19. The largest absolute Gasteiger partial charge is 0.480 e. The van der Waals surface area contributed by atoms with Crippen LogP contribution < -0.4 is 5.32 Å². The van der Waals surface area contributed by atoms with Crippen LogP contribution in [0.2, 0.25) is 5.15 Å². The lowest BCUT2D eigenvalue weighted by Gasteiger charge is -2.14. The standard InChI is InChI=1S/C12H14ClN3O5/c1-2-3-4-8(12(18)19)15-11(17)7-5-10(13)14-6-9(7)16(20)21/h5-6,8H,2-4H2,1H3,(H,15,17)(H,18,19)/t8-/m0/s1. The van der Waals surface area contributed by atoms with Gasteiger partial charge >= 0.3 is 5.97 Å². The van der Waals surface area contributed by atoms with Crippen LogP contribution in [0.1, 0.15) is 36.5 Å². The van der Waals surface area contributed by atoms with E-state index in [0.717, 1.165) is 18.7 Å². The minimum absolute atomic E-state index is 0.0915. The maximum Gasteiger partial charge on any atom is 0.326 e. The Morgan fingerprint density at radius 1 is 1.57 bits per heavy atom. The first-order chi connectivity index (χ1) is 9.86. The molecule has 1 aromatic heterocycles. The zero-order chi connectivity index (χ0) is 16.0. The van der Waals surface area contributed by atoms with Crippen LogP contribution in [-0.4, -0.2) is 32.9 Å². The zero-order valence-electron chi connectivity index (χ0n) is 11.2. The van der Waals surface area contributed by atoms with Crippen LogP contribution in [0.3, 0.4) is 0 Å². The number of hydrogen-bond acceptors (Lipinski definition) is 5. The smallest absolute Gasteiger partial charge is 0.326 e. The molecule has 0 unspecified atom stereocenters. The Kier molecular flexibility index (Phi) is 6.04. The van der Waals surface area contributed by atoms with Crippen molar-refractivity contribution in [3.05, 3.63) is 33.1 Å². The highest BCUT2D eigenvalue weighted by Crippen LogP contribution is 2.20. The molecule has 0 aromatic carbocycles. The third kappa shape index (κ3) is 4.67. The maximum atomic E-state index is 12.0. The Labute approximate surface area is 125 Å². The molecule has 0 radical (unpaired) electrons. The summed E-state index contributed by atoms with van der Waals surface area (Å²) in [6, 6.07) is -0.0719. The van der Waals surface area contributed by atoms with Gasteiger partial charge in [-0.2, -0.15) is 0 Å². The number of halogens is 1. The molecule has 0 spiro atoms. The van der Waals surface area contributed by atoms with Crippen LogP contribution in [0.5, 0.6) is 0 Å².